The first-order valence-corrected chi connectivity index (χ1v) is 4.98. The number of cyclic esters (lactones) is 1. The van der Waals surface area contributed by atoms with E-state index in [4.69, 9.17) is 4.74 Å². The molecular weight excluding hydrogens is 194 g/mol. The first kappa shape index (κ1) is 9.89. The molecule has 1 saturated heterocycles. The van der Waals surface area contributed by atoms with Gasteiger partial charge in [0.1, 0.15) is 12.9 Å². The predicted octanol–water partition coefficient (Wildman–Crippen LogP) is 0.860. The third-order valence-electron chi connectivity index (χ3n) is 2.50. The number of rotatable bonds is 3. The molecule has 80 valence electrons. The Morgan fingerprint density at radius 3 is 2.93 bits per heavy atom. The zero-order valence-corrected chi connectivity index (χ0v) is 8.59. The van der Waals surface area contributed by atoms with Crippen LogP contribution >= 0.6 is 0 Å². The molecule has 1 unspecified atom stereocenters. The van der Waals surface area contributed by atoms with Gasteiger partial charge in [0.2, 0.25) is 0 Å². The van der Waals surface area contributed by atoms with Crippen LogP contribution < -0.4 is 0 Å². The van der Waals surface area contributed by atoms with E-state index in [1.807, 2.05) is 6.92 Å². The third-order valence-corrected chi connectivity index (χ3v) is 2.50. The molecular formula is C10H13N3O2. The topological polar surface area (TPSA) is 55.3 Å². The Kier molecular flexibility index (Phi) is 2.80. The highest BCUT2D eigenvalue weighted by molar-refractivity contribution is 5.70. The van der Waals surface area contributed by atoms with E-state index < -0.39 is 0 Å². The summed E-state index contributed by atoms with van der Waals surface area (Å²) in [5.41, 5.74) is 1.03. The van der Waals surface area contributed by atoms with Crippen LogP contribution in [0.1, 0.15) is 12.5 Å². The number of amides is 1. The zero-order chi connectivity index (χ0) is 10.7. The number of nitrogens with zero attached hydrogens (tertiary/aromatic N) is 3. The monoisotopic (exact) mass is 207 g/mol. The van der Waals surface area contributed by atoms with Gasteiger partial charge in [-0.05, 0) is 18.9 Å². The molecule has 0 radical (unpaired) electrons. The van der Waals surface area contributed by atoms with Crippen molar-refractivity contribution in [2.24, 2.45) is 0 Å². The summed E-state index contributed by atoms with van der Waals surface area (Å²) < 4.78 is 4.99. The van der Waals surface area contributed by atoms with Crippen LogP contribution in [0.3, 0.4) is 0 Å². The molecule has 0 bridgehead atoms. The number of hydrogen-bond acceptors (Lipinski definition) is 4. The number of aromatic nitrogens is 2. The standard InChI is InChI=1S/C10H13N3O2/c1-2-13-9(6-15-10(13)14)3-8-4-11-7-12-5-8/h4-5,7,9H,2-3,6H2,1H3. The lowest BCUT2D eigenvalue weighted by Crippen LogP contribution is -2.34. The van der Waals surface area contributed by atoms with Crippen LogP contribution in [0.25, 0.3) is 0 Å². The van der Waals surface area contributed by atoms with Crippen molar-refractivity contribution in [2.45, 2.75) is 19.4 Å². The summed E-state index contributed by atoms with van der Waals surface area (Å²) in [4.78, 5) is 20.9. The fraction of sp³-hybridized carbons (Fsp3) is 0.500. The van der Waals surface area contributed by atoms with Crippen LogP contribution in [0.5, 0.6) is 0 Å². The first-order valence-electron chi connectivity index (χ1n) is 4.98. The molecule has 0 spiro atoms. The van der Waals surface area contributed by atoms with E-state index >= 15 is 0 Å². The maximum Gasteiger partial charge on any atom is 0.410 e. The first-order chi connectivity index (χ1) is 7.31. The molecule has 0 N–H and O–H groups in total. The Bertz CT molecular complexity index is 342. The van der Waals surface area contributed by atoms with Gasteiger partial charge in [-0.25, -0.2) is 14.8 Å². The van der Waals surface area contributed by atoms with Crippen molar-refractivity contribution in [3.8, 4) is 0 Å². The summed E-state index contributed by atoms with van der Waals surface area (Å²) in [7, 11) is 0. The Morgan fingerprint density at radius 1 is 1.53 bits per heavy atom. The highest BCUT2D eigenvalue weighted by Gasteiger charge is 2.31. The van der Waals surface area contributed by atoms with Crippen molar-refractivity contribution in [3.63, 3.8) is 0 Å². The highest BCUT2D eigenvalue weighted by Crippen LogP contribution is 2.15. The van der Waals surface area contributed by atoms with Gasteiger partial charge in [0.15, 0.2) is 0 Å². The largest absolute Gasteiger partial charge is 0.447 e. The smallest absolute Gasteiger partial charge is 0.410 e. The van der Waals surface area contributed by atoms with Gasteiger partial charge in [-0.2, -0.15) is 0 Å². The van der Waals surface area contributed by atoms with E-state index in [1.54, 1.807) is 17.3 Å². The second kappa shape index (κ2) is 4.25. The van der Waals surface area contributed by atoms with Gasteiger partial charge in [-0.1, -0.05) is 0 Å². The minimum Gasteiger partial charge on any atom is -0.447 e. The minimum atomic E-state index is -0.223. The van der Waals surface area contributed by atoms with E-state index in [9.17, 15) is 4.79 Å². The average molecular weight is 207 g/mol. The molecule has 0 aliphatic carbocycles. The van der Waals surface area contributed by atoms with Crippen molar-refractivity contribution in [1.29, 1.82) is 0 Å². The fourth-order valence-electron chi connectivity index (χ4n) is 1.75. The molecule has 1 aromatic heterocycles. The molecule has 15 heavy (non-hydrogen) atoms. The summed E-state index contributed by atoms with van der Waals surface area (Å²) in [6.45, 7) is 3.08. The molecule has 1 aromatic rings. The normalized spacial score (nSPS) is 20.5. The van der Waals surface area contributed by atoms with Gasteiger partial charge in [0.05, 0.1) is 6.04 Å². The van der Waals surface area contributed by atoms with Gasteiger partial charge in [0.25, 0.3) is 0 Å². The van der Waals surface area contributed by atoms with Gasteiger partial charge in [0, 0.05) is 18.9 Å². The Hall–Kier alpha value is -1.65. The number of carbonyl (C=O) groups is 1. The Balaban J connectivity index is 2.04. The van der Waals surface area contributed by atoms with E-state index in [2.05, 4.69) is 9.97 Å². The summed E-state index contributed by atoms with van der Waals surface area (Å²) >= 11 is 0. The number of likely N-dealkylation sites (N-methyl/N-ethyl adjacent to an activating group) is 1. The molecule has 2 heterocycles. The molecule has 1 aliphatic rings. The second-order valence-corrected chi connectivity index (χ2v) is 3.47. The average Bonchev–Trinajstić information content (AvgIpc) is 2.61. The molecule has 5 nitrogen and oxygen atoms in total. The SMILES string of the molecule is CCN1C(=O)OCC1Cc1cncnc1. The van der Waals surface area contributed by atoms with Gasteiger partial charge in [-0.15, -0.1) is 0 Å². The molecule has 1 amide bonds. The van der Waals surface area contributed by atoms with Crippen molar-refractivity contribution in [1.82, 2.24) is 14.9 Å². The summed E-state index contributed by atoms with van der Waals surface area (Å²) in [6.07, 6.45) is 5.56. The van der Waals surface area contributed by atoms with E-state index in [-0.39, 0.29) is 12.1 Å². The van der Waals surface area contributed by atoms with Gasteiger partial charge in [-0.3, -0.25) is 0 Å². The Labute approximate surface area is 88.1 Å². The lowest BCUT2D eigenvalue weighted by Gasteiger charge is -2.18. The van der Waals surface area contributed by atoms with Crippen LogP contribution in [-0.2, 0) is 11.2 Å². The van der Waals surface area contributed by atoms with E-state index in [1.165, 1.54) is 6.33 Å². The second-order valence-electron chi connectivity index (χ2n) is 3.47. The maximum atomic E-state index is 11.3. The number of hydrogen-bond donors (Lipinski definition) is 0. The molecule has 1 fully saturated rings. The van der Waals surface area contributed by atoms with E-state index in [0.717, 1.165) is 12.0 Å². The third kappa shape index (κ3) is 2.06. The van der Waals surface area contributed by atoms with Crippen molar-refractivity contribution in [3.05, 3.63) is 24.3 Å². The minimum absolute atomic E-state index is 0.119. The van der Waals surface area contributed by atoms with Crippen LogP contribution in [0.15, 0.2) is 18.7 Å². The molecule has 2 rings (SSSR count). The summed E-state index contributed by atoms with van der Waals surface area (Å²) in [6, 6.07) is 0.119. The summed E-state index contributed by atoms with van der Waals surface area (Å²) in [5.74, 6) is 0. The Morgan fingerprint density at radius 2 is 2.27 bits per heavy atom. The van der Waals surface area contributed by atoms with Crippen LogP contribution in [-0.4, -0.2) is 40.2 Å². The van der Waals surface area contributed by atoms with Gasteiger partial charge >= 0.3 is 6.09 Å². The van der Waals surface area contributed by atoms with E-state index in [0.29, 0.717) is 13.2 Å². The maximum absolute atomic E-state index is 11.3. The fourth-order valence-corrected chi connectivity index (χ4v) is 1.75. The molecule has 0 aromatic carbocycles. The number of ether oxygens (including phenoxy) is 1. The lowest BCUT2D eigenvalue weighted by molar-refractivity contribution is 0.159. The van der Waals surface area contributed by atoms with Crippen molar-refractivity contribution in [2.75, 3.05) is 13.2 Å². The van der Waals surface area contributed by atoms with Crippen LogP contribution in [0, 0.1) is 0 Å². The molecule has 5 heteroatoms. The number of carbonyl (C=O) groups excluding carboxylic acids is 1. The molecule has 1 atom stereocenters. The molecule has 0 saturated carbocycles. The van der Waals surface area contributed by atoms with Gasteiger partial charge < -0.3 is 9.64 Å². The zero-order valence-electron chi connectivity index (χ0n) is 8.59. The van der Waals surface area contributed by atoms with Crippen molar-refractivity contribution < 1.29 is 9.53 Å². The lowest BCUT2D eigenvalue weighted by atomic mass is 10.1. The van der Waals surface area contributed by atoms with Crippen LogP contribution in [0.2, 0.25) is 0 Å². The van der Waals surface area contributed by atoms with Crippen LogP contribution in [0.4, 0.5) is 4.79 Å². The summed E-state index contributed by atoms with van der Waals surface area (Å²) in [5, 5.41) is 0. The predicted molar refractivity (Wildman–Crippen MR) is 53.3 cm³/mol. The molecule has 1 aliphatic heterocycles. The van der Waals surface area contributed by atoms with Crippen molar-refractivity contribution >= 4 is 6.09 Å². The quantitative estimate of drug-likeness (QED) is 0.737. The highest BCUT2D eigenvalue weighted by atomic mass is 16.6.